The third-order valence-electron chi connectivity index (χ3n) is 5.33. The Labute approximate surface area is 198 Å². The molecule has 0 radical (unpaired) electrons. The lowest BCUT2D eigenvalue weighted by atomic mass is 9.88. The van der Waals surface area contributed by atoms with Crippen molar-refractivity contribution in [2.24, 2.45) is 5.92 Å². The Morgan fingerprint density at radius 2 is 1.85 bits per heavy atom. The van der Waals surface area contributed by atoms with Crippen LogP contribution in [0.25, 0.3) is 0 Å². The molecule has 0 bridgehead atoms. The van der Waals surface area contributed by atoms with Gasteiger partial charge in [0.1, 0.15) is 10.8 Å². The third-order valence-corrected chi connectivity index (χ3v) is 6.50. The zero-order valence-corrected chi connectivity index (χ0v) is 20.5. The number of anilines is 1. The number of benzene rings is 1. The number of carbonyl (C=O) groups excluding carboxylic acids is 3. The molecule has 1 heterocycles. The molecule has 1 amide bonds. The maximum Gasteiger partial charge on any atom is 0.347 e. The lowest BCUT2D eigenvalue weighted by Gasteiger charge is -2.18. The maximum absolute atomic E-state index is 12.9. The van der Waals surface area contributed by atoms with Gasteiger partial charge in [-0.15, -0.1) is 11.3 Å². The number of thiophene rings is 1. The van der Waals surface area contributed by atoms with Crippen LogP contribution in [0.15, 0.2) is 24.3 Å². The normalized spacial score (nSPS) is 16.0. The summed E-state index contributed by atoms with van der Waals surface area (Å²) in [7, 11) is 0. The maximum atomic E-state index is 12.9. The van der Waals surface area contributed by atoms with E-state index in [4.69, 9.17) is 14.2 Å². The molecule has 7 nitrogen and oxygen atoms in total. The van der Waals surface area contributed by atoms with Crippen LogP contribution in [0.3, 0.4) is 0 Å². The van der Waals surface area contributed by atoms with Crippen molar-refractivity contribution in [1.82, 2.24) is 0 Å². The molecule has 1 aliphatic carbocycles. The molecule has 1 aliphatic rings. The molecule has 33 heavy (non-hydrogen) atoms. The molecule has 3 rings (SSSR count). The molecule has 1 aromatic heterocycles. The monoisotopic (exact) mass is 473 g/mol. The molecule has 0 aliphatic heterocycles. The lowest BCUT2D eigenvalue weighted by molar-refractivity contribution is -0.154. The molecule has 0 unspecified atom stereocenters. The van der Waals surface area contributed by atoms with E-state index in [-0.39, 0.29) is 18.6 Å². The van der Waals surface area contributed by atoms with E-state index >= 15 is 0 Å². The summed E-state index contributed by atoms with van der Waals surface area (Å²) in [6, 6.07) is 6.48. The minimum absolute atomic E-state index is 0.222. The Kier molecular flexibility index (Phi) is 8.13. The van der Waals surface area contributed by atoms with Crippen LogP contribution in [0.2, 0.25) is 0 Å². The van der Waals surface area contributed by atoms with Crippen LogP contribution in [0.4, 0.5) is 5.00 Å². The summed E-state index contributed by atoms with van der Waals surface area (Å²) >= 11 is 1.45. The molecular weight excluding hydrogens is 442 g/mol. The van der Waals surface area contributed by atoms with E-state index in [1.807, 2.05) is 0 Å². The topological polar surface area (TPSA) is 90.9 Å². The van der Waals surface area contributed by atoms with Crippen LogP contribution in [0, 0.1) is 5.92 Å². The Balaban J connectivity index is 1.73. The van der Waals surface area contributed by atoms with Gasteiger partial charge in [-0.3, -0.25) is 4.79 Å². The number of esters is 2. The molecule has 1 N–H and O–H groups in total. The average molecular weight is 474 g/mol. The Morgan fingerprint density at radius 3 is 2.48 bits per heavy atom. The summed E-state index contributed by atoms with van der Waals surface area (Å²) in [6.45, 7) is 9.40. The quantitative estimate of drug-likeness (QED) is 0.541. The highest BCUT2D eigenvalue weighted by molar-refractivity contribution is 7.17. The standard InChI is InChI=1S/C25H31NO6S/c1-6-30-25(29)21-19-12-7-15(4)13-20(19)33-23(21)26-22(27)17-8-10-18(11-9-17)32-16(5)24(28)31-14(2)3/h8-11,14-16H,6-7,12-13H2,1-5H3,(H,26,27)/t15-,16+/m0/s1. The summed E-state index contributed by atoms with van der Waals surface area (Å²) < 4.78 is 16.0. The summed E-state index contributed by atoms with van der Waals surface area (Å²) in [5.41, 5.74) is 1.89. The summed E-state index contributed by atoms with van der Waals surface area (Å²) in [4.78, 5) is 38.6. The van der Waals surface area contributed by atoms with E-state index in [0.29, 0.717) is 27.8 Å². The third kappa shape index (κ3) is 6.13. The smallest absolute Gasteiger partial charge is 0.347 e. The molecule has 2 atom stereocenters. The average Bonchev–Trinajstić information content (AvgIpc) is 3.10. The first-order valence-electron chi connectivity index (χ1n) is 11.3. The lowest BCUT2D eigenvalue weighted by Crippen LogP contribution is -2.28. The first-order chi connectivity index (χ1) is 15.7. The summed E-state index contributed by atoms with van der Waals surface area (Å²) in [5, 5.41) is 3.43. The van der Waals surface area contributed by atoms with Crippen LogP contribution in [-0.4, -0.2) is 36.7 Å². The van der Waals surface area contributed by atoms with Gasteiger partial charge in [-0.1, -0.05) is 6.92 Å². The van der Waals surface area contributed by atoms with Crippen molar-refractivity contribution < 1.29 is 28.6 Å². The van der Waals surface area contributed by atoms with E-state index in [1.54, 1.807) is 52.0 Å². The van der Waals surface area contributed by atoms with E-state index in [9.17, 15) is 14.4 Å². The molecule has 2 aromatic rings. The molecule has 0 fully saturated rings. The predicted molar refractivity (Wildman–Crippen MR) is 127 cm³/mol. The highest BCUT2D eigenvalue weighted by Gasteiger charge is 2.29. The van der Waals surface area contributed by atoms with Crippen LogP contribution in [-0.2, 0) is 27.1 Å². The molecule has 8 heteroatoms. The Bertz CT molecular complexity index is 1010. The van der Waals surface area contributed by atoms with Crippen molar-refractivity contribution in [2.75, 3.05) is 11.9 Å². The first-order valence-corrected chi connectivity index (χ1v) is 12.1. The number of hydrogen-bond donors (Lipinski definition) is 1. The number of carbonyl (C=O) groups is 3. The molecule has 0 saturated carbocycles. The number of amides is 1. The number of hydrogen-bond acceptors (Lipinski definition) is 7. The second-order valence-corrected chi connectivity index (χ2v) is 9.61. The molecular formula is C25H31NO6S. The molecule has 1 aromatic carbocycles. The Morgan fingerprint density at radius 1 is 1.15 bits per heavy atom. The molecule has 0 spiro atoms. The second-order valence-electron chi connectivity index (χ2n) is 8.50. The van der Waals surface area contributed by atoms with Gasteiger partial charge in [0, 0.05) is 10.4 Å². The fraction of sp³-hybridized carbons (Fsp3) is 0.480. The fourth-order valence-corrected chi connectivity index (χ4v) is 5.09. The van der Waals surface area contributed by atoms with Crippen molar-refractivity contribution >= 4 is 34.2 Å². The number of ether oxygens (including phenoxy) is 3. The number of rotatable bonds is 8. The summed E-state index contributed by atoms with van der Waals surface area (Å²) in [5.74, 6) is -0.179. The summed E-state index contributed by atoms with van der Waals surface area (Å²) in [6.07, 6.45) is 1.72. The van der Waals surface area contributed by atoms with Crippen molar-refractivity contribution in [3.8, 4) is 5.75 Å². The van der Waals surface area contributed by atoms with Crippen molar-refractivity contribution in [3.05, 3.63) is 45.8 Å². The predicted octanol–water partition coefficient (Wildman–Crippen LogP) is 5.02. The zero-order chi connectivity index (χ0) is 24.1. The number of fused-ring (bicyclic) bond motifs is 1. The fourth-order valence-electron chi connectivity index (χ4n) is 3.70. The van der Waals surface area contributed by atoms with Crippen LogP contribution < -0.4 is 10.1 Å². The van der Waals surface area contributed by atoms with Gasteiger partial charge in [-0.05, 0) is 82.7 Å². The van der Waals surface area contributed by atoms with Gasteiger partial charge in [-0.2, -0.15) is 0 Å². The van der Waals surface area contributed by atoms with E-state index in [1.165, 1.54) is 11.3 Å². The van der Waals surface area contributed by atoms with E-state index < -0.39 is 18.0 Å². The van der Waals surface area contributed by atoms with Gasteiger partial charge in [0.2, 0.25) is 0 Å². The number of nitrogens with one attached hydrogen (secondary N) is 1. The second kappa shape index (κ2) is 10.8. The van der Waals surface area contributed by atoms with Crippen LogP contribution in [0.1, 0.15) is 72.2 Å². The van der Waals surface area contributed by atoms with Gasteiger partial charge in [0.05, 0.1) is 18.3 Å². The minimum Gasteiger partial charge on any atom is -0.479 e. The molecule has 178 valence electrons. The van der Waals surface area contributed by atoms with E-state index in [2.05, 4.69) is 12.2 Å². The van der Waals surface area contributed by atoms with Crippen molar-refractivity contribution in [2.45, 2.75) is 66.1 Å². The SMILES string of the molecule is CCOC(=O)c1c(NC(=O)c2ccc(O[C@H](C)C(=O)OC(C)C)cc2)sc2c1CC[C@H](C)C2. The van der Waals surface area contributed by atoms with Crippen LogP contribution in [0.5, 0.6) is 5.75 Å². The highest BCUT2D eigenvalue weighted by Crippen LogP contribution is 2.40. The van der Waals surface area contributed by atoms with Gasteiger partial charge in [-0.25, -0.2) is 9.59 Å². The van der Waals surface area contributed by atoms with Gasteiger partial charge in [0.15, 0.2) is 6.10 Å². The minimum atomic E-state index is -0.765. The van der Waals surface area contributed by atoms with Gasteiger partial charge >= 0.3 is 11.9 Å². The first kappa shape index (κ1) is 24.8. The van der Waals surface area contributed by atoms with Gasteiger partial charge < -0.3 is 19.5 Å². The van der Waals surface area contributed by atoms with Crippen LogP contribution >= 0.6 is 11.3 Å². The van der Waals surface area contributed by atoms with E-state index in [0.717, 1.165) is 29.7 Å². The molecule has 0 saturated heterocycles. The van der Waals surface area contributed by atoms with Crippen molar-refractivity contribution in [3.63, 3.8) is 0 Å². The van der Waals surface area contributed by atoms with Crippen molar-refractivity contribution in [1.29, 1.82) is 0 Å². The zero-order valence-electron chi connectivity index (χ0n) is 19.7. The van der Waals surface area contributed by atoms with Gasteiger partial charge in [0.25, 0.3) is 5.91 Å². The Hall–Kier alpha value is -2.87. The largest absolute Gasteiger partial charge is 0.479 e. The highest BCUT2D eigenvalue weighted by atomic mass is 32.1.